The lowest BCUT2D eigenvalue weighted by atomic mass is 9.85. The summed E-state index contributed by atoms with van der Waals surface area (Å²) in [5.74, 6) is -0.408. The van der Waals surface area contributed by atoms with Gasteiger partial charge in [0.05, 0.1) is 5.92 Å². The molecule has 1 saturated heterocycles. The van der Waals surface area contributed by atoms with Crippen LogP contribution in [0.1, 0.15) is 39.0 Å². The molecule has 108 valence electrons. The van der Waals surface area contributed by atoms with Crippen LogP contribution in [0.25, 0.3) is 0 Å². The van der Waals surface area contributed by atoms with E-state index in [1.807, 2.05) is 6.92 Å². The van der Waals surface area contributed by atoms with Crippen molar-refractivity contribution >= 4 is 11.9 Å². The van der Waals surface area contributed by atoms with Crippen LogP contribution in [0.3, 0.4) is 0 Å². The number of nitrogens with one attached hydrogen (secondary N) is 1. The van der Waals surface area contributed by atoms with Crippen LogP contribution in [0.5, 0.6) is 0 Å². The van der Waals surface area contributed by atoms with E-state index in [2.05, 4.69) is 5.32 Å². The lowest BCUT2D eigenvalue weighted by Crippen LogP contribution is -2.53. The van der Waals surface area contributed by atoms with Gasteiger partial charge in [0.25, 0.3) is 0 Å². The van der Waals surface area contributed by atoms with Gasteiger partial charge < -0.3 is 15.3 Å². The third-order valence-electron chi connectivity index (χ3n) is 4.37. The Kier molecular flexibility index (Phi) is 4.80. The van der Waals surface area contributed by atoms with Crippen molar-refractivity contribution in [1.82, 2.24) is 10.2 Å². The number of aliphatic carboxylic acids is 1. The highest BCUT2D eigenvalue weighted by molar-refractivity contribution is 5.77. The summed E-state index contributed by atoms with van der Waals surface area (Å²) in [7, 11) is 0. The molecule has 0 radical (unpaired) electrons. The Morgan fingerprint density at radius 1 is 1.32 bits per heavy atom. The average molecular weight is 268 g/mol. The maximum atomic E-state index is 11.8. The Morgan fingerprint density at radius 3 is 2.58 bits per heavy atom. The van der Waals surface area contributed by atoms with E-state index in [0.29, 0.717) is 25.9 Å². The minimum Gasteiger partial charge on any atom is -0.481 e. The van der Waals surface area contributed by atoms with E-state index in [9.17, 15) is 14.7 Å². The summed E-state index contributed by atoms with van der Waals surface area (Å²) in [6, 6.07) is 0.131. The number of likely N-dealkylation sites (tertiary alicyclic amines) is 1. The molecule has 1 aliphatic heterocycles. The van der Waals surface area contributed by atoms with Crippen LogP contribution in [0.4, 0.5) is 0 Å². The van der Waals surface area contributed by atoms with Crippen molar-refractivity contribution < 1.29 is 14.7 Å². The number of carbonyl (C=O) groups excluding carboxylic acids is 1. The van der Waals surface area contributed by atoms with Gasteiger partial charge in [0.15, 0.2) is 0 Å². The number of carboxylic acids is 1. The molecule has 1 amide bonds. The fraction of sp³-hybridized carbons (Fsp3) is 0.857. The Morgan fingerprint density at radius 2 is 2.05 bits per heavy atom. The van der Waals surface area contributed by atoms with Crippen LogP contribution >= 0.6 is 0 Å². The number of nitrogens with zero attached hydrogens (tertiary/aromatic N) is 1. The Labute approximate surface area is 114 Å². The van der Waals surface area contributed by atoms with Crippen LogP contribution in [-0.2, 0) is 9.59 Å². The standard InChI is InChI=1S/C14H24N2O3/c1-2-13(17)16-8-11(14(18)19)6-12(9-16)15-7-10-4-3-5-10/h10-12,15H,2-9H2,1H3,(H,18,19). The van der Waals surface area contributed by atoms with Crippen molar-refractivity contribution in [1.29, 1.82) is 0 Å². The first-order valence-corrected chi connectivity index (χ1v) is 7.34. The van der Waals surface area contributed by atoms with E-state index in [1.165, 1.54) is 19.3 Å². The van der Waals surface area contributed by atoms with Gasteiger partial charge in [-0.05, 0) is 31.7 Å². The van der Waals surface area contributed by atoms with Crippen molar-refractivity contribution in [3.63, 3.8) is 0 Å². The maximum absolute atomic E-state index is 11.8. The molecular weight excluding hydrogens is 244 g/mol. The number of piperidine rings is 1. The summed E-state index contributed by atoms with van der Waals surface area (Å²) in [6.45, 7) is 3.81. The number of amides is 1. The van der Waals surface area contributed by atoms with E-state index in [4.69, 9.17) is 0 Å². The molecule has 5 nitrogen and oxygen atoms in total. The fourth-order valence-corrected chi connectivity index (χ4v) is 2.88. The van der Waals surface area contributed by atoms with Gasteiger partial charge in [0.1, 0.15) is 0 Å². The molecule has 2 fully saturated rings. The predicted molar refractivity (Wildman–Crippen MR) is 71.7 cm³/mol. The molecule has 1 aliphatic carbocycles. The Hall–Kier alpha value is -1.10. The van der Waals surface area contributed by atoms with Crippen LogP contribution in [0.15, 0.2) is 0 Å². The topological polar surface area (TPSA) is 69.6 Å². The smallest absolute Gasteiger partial charge is 0.308 e. The highest BCUT2D eigenvalue weighted by atomic mass is 16.4. The normalized spacial score (nSPS) is 27.9. The fourth-order valence-electron chi connectivity index (χ4n) is 2.88. The minimum atomic E-state index is -0.788. The van der Waals surface area contributed by atoms with Crippen LogP contribution in [-0.4, -0.2) is 47.6 Å². The lowest BCUT2D eigenvalue weighted by molar-refractivity contribution is -0.146. The molecule has 0 aromatic heterocycles. The molecular formula is C14H24N2O3. The molecule has 0 aromatic rings. The van der Waals surface area contributed by atoms with Gasteiger partial charge in [0, 0.05) is 25.6 Å². The Bertz CT molecular complexity index is 342. The third-order valence-corrected chi connectivity index (χ3v) is 4.37. The van der Waals surface area contributed by atoms with Crippen molar-refractivity contribution in [2.75, 3.05) is 19.6 Å². The predicted octanol–water partition coefficient (Wildman–Crippen LogP) is 1.09. The van der Waals surface area contributed by atoms with Gasteiger partial charge in [-0.2, -0.15) is 0 Å². The van der Waals surface area contributed by atoms with E-state index in [1.54, 1.807) is 4.90 Å². The second-order valence-corrected chi connectivity index (χ2v) is 5.83. The highest BCUT2D eigenvalue weighted by Gasteiger charge is 2.33. The highest BCUT2D eigenvalue weighted by Crippen LogP contribution is 2.26. The molecule has 1 saturated carbocycles. The monoisotopic (exact) mass is 268 g/mol. The average Bonchev–Trinajstić information content (AvgIpc) is 2.35. The maximum Gasteiger partial charge on any atom is 0.308 e. The molecule has 2 rings (SSSR count). The molecule has 19 heavy (non-hydrogen) atoms. The van der Waals surface area contributed by atoms with Crippen LogP contribution in [0, 0.1) is 11.8 Å². The summed E-state index contributed by atoms with van der Waals surface area (Å²) in [5.41, 5.74) is 0. The van der Waals surface area contributed by atoms with E-state index < -0.39 is 11.9 Å². The minimum absolute atomic E-state index is 0.0568. The largest absolute Gasteiger partial charge is 0.481 e. The van der Waals surface area contributed by atoms with Crippen molar-refractivity contribution in [2.24, 2.45) is 11.8 Å². The van der Waals surface area contributed by atoms with Gasteiger partial charge >= 0.3 is 5.97 Å². The van der Waals surface area contributed by atoms with Crippen molar-refractivity contribution in [3.8, 4) is 0 Å². The van der Waals surface area contributed by atoms with Crippen LogP contribution < -0.4 is 5.32 Å². The number of hydrogen-bond acceptors (Lipinski definition) is 3. The van der Waals surface area contributed by atoms with Crippen LogP contribution in [0.2, 0.25) is 0 Å². The molecule has 5 heteroatoms. The van der Waals surface area contributed by atoms with E-state index >= 15 is 0 Å². The lowest BCUT2D eigenvalue weighted by Gasteiger charge is -2.38. The van der Waals surface area contributed by atoms with E-state index in [-0.39, 0.29) is 11.9 Å². The number of carbonyl (C=O) groups is 2. The van der Waals surface area contributed by atoms with Gasteiger partial charge in [-0.15, -0.1) is 0 Å². The number of rotatable bonds is 5. The SMILES string of the molecule is CCC(=O)N1CC(NCC2CCC2)CC(C(=O)O)C1. The Balaban J connectivity index is 1.89. The molecule has 2 aliphatic rings. The molecule has 2 atom stereocenters. The molecule has 0 aromatic carbocycles. The zero-order chi connectivity index (χ0) is 13.8. The molecule has 1 heterocycles. The number of hydrogen-bond donors (Lipinski definition) is 2. The van der Waals surface area contributed by atoms with E-state index in [0.717, 1.165) is 12.5 Å². The summed E-state index contributed by atoms with van der Waals surface area (Å²) in [4.78, 5) is 24.7. The summed E-state index contributed by atoms with van der Waals surface area (Å²) in [5, 5.41) is 12.7. The summed E-state index contributed by atoms with van der Waals surface area (Å²) < 4.78 is 0. The van der Waals surface area contributed by atoms with Gasteiger partial charge in [-0.3, -0.25) is 9.59 Å². The second kappa shape index (κ2) is 6.37. The first-order chi connectivity index (χ1) is 9.10. The van der Waals surface area contributed by atoms with Crippen molar-refractivity contribution in [3.05, 3.63) is 0 Å². The quantitative estimate of drug-likeness (QED) is 0.783. The molecule has 2 N–H and O–H groups in total. The summed E-state index contributed by atoms with van der Waals surface area (Å²) in [6.07, 6.45) is 4.95. The van der Waals surface area contributed by atoms with Crippen molar-refractivity contribution in [2.45, 2.75) is 45.1 Å². The first kappa shape index (κ1) is 14.3. The first-order valence-electron chi connectivity index (χ1n) is 7.34. The molecule has 2 unspecified atom stereocenters. The number of carboxylic acid groups (broad SMARTS) is 1. The summed E-state index contributed by atoms with van der Waals surface area (Å²) >= 11 is 0. The van der Waals surface area contributed by atoms with Gasteiger partial charge in [0.2, 0.25) is 5.91 Å². The molecule has 0 spiro atoms. The second-order valence-electron chi connectivity index (χ2n) is 5.83. The third kappa shape index (κ3) is 3.69. The molecule has 0 bridgehead atoms. The zero-order valence-corrected chi connectivity index (χ0v) is 11.6. The zero-order valence-electron chi connectivity index (χ0n) is 11.6. The van der Waals surface area contributed by atoms with Gasteiger partial charge in [-0.25, -0.2) is 0 Å². The van der Waals surface area contributed by atoms with Gasteiger partial charge in [-0.1, -0.05) is 13.3 Å².